The topological polar surface area (TPSA) is 732 Å². The largest absolute Gasteiger partial charge is 0.481 e. The van der Waals surface area contributed by atoms with E-state index < -0.39 is 260 Å². The van der Waals surface area contributed by atoms with Gasteiger partial charge in [0.2, 0.25) is 100 Å². The number of aromatic nitrogens is 3. The van der Waals surface area contributed by atoms with Crippen molar-refractivity contribution in [3.8, 4) is 0 Å². The molecule has 48 heteroatoms. The molecule has 46 nitrogen and oxygen atoms in total. The van der Waals surface area contributed by atoms with E-state index in [1.165, 1.54) is 27.7 Å². The normalized spacial score (nSPS) is 14.7. The molecule has 0 aliphatic heterocycles. The quantitative estimate of drug-likeness (QED) is 0.0147. The Morgan fingerprint density at radius 3 is 0.958 bits per heavy atom. The van der Waals surface area contributed by atoms with Crippen LogP contribution < -0.4 is 108 Å². The van der Waals surface area contributed by atoms with Crippen molar-refractivity contribution in [1.82, 2.24) is 105 Å². The van der Waals surface area contributed by atoms with Gasteiger partial charge in [-0.1, -0.05) is 103 Å². The van der Waals surface area contributed by atoms with Crippen molar-refractivity contribution >= 4 is 176 Å². The summed E-state index contributed by atoms with van der Waals surface area (Å²) in [6.45, 7) is 14.6. The molecule has 6 rings (SSSR count). The molecule has 6 aromatic rings. The lowest BCUT2D eigenvalue weighted by atomic mass is 9.99. The highest BCUT2D eigenvalue weighted by atomic mass is 32.1. The van der Waals surface area contributed by atoms with Gasteiger partial charge in [0.05, 0.1) is 19.1 Å². The van der Waals surface area contributed by atoms with E-state index in [9.17, 15) is 96.8 Å². The second-order valence-corrected chi connectivity index (χ2v) is 37.2. The number of H-pyrrole nitrogens is 3. The van der Waals surface area contributed by atoms with Crippen LogP contribution in [0.3, 0.4) is 0 Å². The Balaban J connectivity index is 1.19. The lowest BCUT2D eigenvalue weighted by Gasteiger charge is -2.28. The molecule has 0 bridgehead atoms. The third-order valence-electron chi connectivity index (χ3n) is 23.2. The average molecular weight is 2040 g/mol. The Bertz CT molecular complexity index is 5420. The summed E-state index contributed by atoms with van der Waals surface area (Å²) >= 11 is 8.48. The van der Waals surface area contributed by atoms with Crippen molar-refractivity contribution in [2.24, 2.45) is 35.0 Å². The Morgan fingerprint density at radius 2 is 0.573 bits per heavy atom. The van der Waals surface area contributed by atoms with Crippen LogP contribution in [-0.2, 0) is 115 Å². The van der Waals surface area contributed by atoms with E-state index in [0.717, 1.165) is 0 Å². The molecule has 0 radical (unpaired) electrons. The van der Waals surface area contributed by atoms with Crippen LogP contribution in [0.25, 0.3) is 32.7 Å². The number of carbonyl (C=O) groups excluding carboxylic acids is 17. The molecule has 0 aliphatic rings. The molecule has 0 fully saturated rings. The lowest BCUT2D eigenvalue weighted by Crippen LogP contribution is -2.61. The maximum Gasteiger partial charge on any atom is 0.325 e. The molecule has 3 aromatic heterocycles. The molecule has 0 unspecified atom stereocenters. The number of hydrogen-bond donors (Lipinski definition) is 28. The maximum atomic E-state index is 15.1. The first-order valence-corrected chi connectivity index (χ1v) is 48.8. The van der Waals surface area contributed by atoms with E-state index in [1.807, 2.05) is 0 Å². The van der Waals surface area contributed by atoms with Crippen molar-refractivity contribution in [1.29, 1.82) is 0 Å². The van der Waals surface area contributed by atoms with Crippen LogP contribution in [0.2, 0.25) is 0 Å². The second kappa shape index (κ2) is 59.2. The van der Waals surface area contributed by atoms with Crippen molar-refractivity contribution in [2.45, 2.75) is 269 Å². The number of carboxylic acids is 3. The number of rotatable bonds is 63. The molecule has 17 amide bonds. The second-order valence-electron chi connectivity index (χ2n) is 36.5. The summed E-state index contributed by atoms with van der Waals surface area (Å²) in [7, 11) is 0. The van der Waals surface area contributed by atoms with Gasteiger partial charge in [-0.25, -0.2) is 0 Å². The Morgan fingerprint density at radius 1 is 0.301 bits per heavy atom. The number of aliphatic carboxylic acids is 3. The van der Waals surface area contributed by atoms with Crippen LogP contribution in [0.15, 0.2) is 91.4 Å². The van der Waals surface area contributed by atoms with Crippen LogP contribution in [0, 0.1) is 17.8 Å². The van der Waals surface area contributed by atoms with Gasteiger partial charge in [0.1, 0.15) is 90.6 Å². The molecule has 3 aromatic carbocycles. The van der Waals surface area contributed by atoms with Gasteiger partial charge in [-0.3, -0.25) is 95.9 Å². The van der Waals surface area contributed by atoms with E-state index in [0.29, 0.717) is 94.6 Å². The fourth-order valence-electron chi connectivity index (χ4n) is 15.3. The van der Waals surface area contributed by atoms with Crippen molar-refractivity contribution in [2.75, 3.05) is 37.7 Å². The summed E-state index contributed by atoms with van der Waals surface area (Å²) in [6, 6.07) is -2.20. The van der Waals surface area contributed by atoms with Gasteiger partial charge in [0.15, 0.2) is 0 Å². The summed E-state index contributed by atoms with van der Waals surface area (Å²) in [5.41, 5.74) is 20.6. The van der Waals surface area contributed by atoms with E-state index in [-0.39, 0.29) is 68.5 Å². The van der Waals surface area contributed by atoms with Gasteiger partial charge < -0.3 is 138 Å². The molecule has 16 atom stereocenters. The summed E-state index contributed by atoms with van der Waals surface area (Å²) in [6.07, 6.45) is 3.69. The van der Waals surface area contributed by atoms with Crippen LogP contribution >= 0.6 is 25.3 Å². The third kappa shape index (κ3) is 39.2. The van der Waals surface area contributed by atoms with Gasteiger partial charge in [0.25, 0.3) is 0 Å². The summed E-state index contributed by atoms with van der Waals surface area (Å²) in [5.74, 6) is -21.6. The fourth-order valence-corrected chi connectivity index (χ4v) is 15.8. The van der Waals surface area contributed by atoms with Crippen molar-refractivity contribution in [3.05, 3.63) is 108 Å². The number of benzene rings is 3. The molecule has 784 valence electrons. The first-order valence-electron chi connectivity index (χ1n) is 47.5. The first-order chi connectivity index (χ1) is 67.7. The predicted octanol–water partition coefficient (Wildman–Crippen LogP) is -1.86. The molecule has 0 saturated heterocycles. The maximum absolute atomic E-state index is 15.1. The zero-order valence-electron chi connectivity index (χ0n) is 81.8. The summed E-state index contributed by atoms with van der Waals surface area (Å²) in [4.78, 5) is 285. The highest BCUT2D eigenvalue weighted by molar-refractivity contribution is 7.80. The van der Waals surface area contributed by atoms with E-state index in [4.69, 9.17) is 17.2 Å². The fraction of sp³-hybridized carbons (Fsp3) is 0.537. The number of hydrogen-bond acceptors (Lipinski definition) is 25. The Kier molecular flexibility index (Phi) is 48.9. The lowest BCUT2D eigenvalue weighted by molar-refractivity contribution is -0.141. The Hall–Kier alpha value is -13.7. The van der Waals surface area contributed by atoms with Gasteiger partial charge >= 0.3 is 17.9 Å². The molecular weight excluding hydrogens is 1900 g/mol. The molecule has 3 heterocycles. The number of thiol groups is 2. The number of aromatic amines is 3. The van der Waals surface area contributed by atoms with Gasteiger partial charge in [0, 0.05) is 94.9 Å². The minimum Gasteiger partial charge on any atom is -0.481 e. The smallest absolute Gasteiger partial charge is 0.325 e. The first kappa shape index (κ1) is 118. The molecule has 0 saturated carbocycles. The number of nitrogens with two attached hydrogens (primary N) is 3. The Labute approximate surface area is 837 Å². The summed E-state index contributed by atoms with van der Waals surface area (Å²) in [5, 5.41) is 74.1. The third-order valence-corrected chi connectivity index (χ3v) is 23.9. The molecule has 143 heavy (non-hydrogen) atoms. The number of para-hydroxylation sites is 3. The highest BCUT2D eigenvalue weighted by Gasteiger charge is 2.39. The van der Waals surface area contributed by atoms with Gasteiger partial charge in [-0.15, -0.1) is 0 Å². The number of amides is 17. The number of carboxylic acid groups (broad SMARTS) is 3. The van der Waals surface area contributed by atoms with Crippen LogP contribution in [0.5, 0.6) is 0 Å². The highest BCUT2D eigenvalue weighted by Crippen LogP contribution is 2.24. The van der Waals surface area contributed by atoms with E-state index in [2.05, 4.69) is 131 Å². The zero-order chi connectivity index (χ0) is 106. The van der Waals surface area contributed by atoms with E-state index >= 15 is 14.4 Å². The van der Waals surface area contributed by atoms with Crippen LogP contribution in [0.4, 0.5) is 0 Å². The van der Waals surface area contributed by atoms with Crippen molar-refractivity contribution < 1.29 is 111 Å². The minimum atomic E-state index is -1.81. The number of fused-ring (bicyclic) bond motifs is 3. The van der Waals surface area contributed by atoms with Crippen LogP contribution in [-0.4, -0.2) is 283 Å². The minimum absolute atomic E-state index is 0.0186. The number of nitrogens with one attached hydrogen (secondary N) is 20. The molecule has 0 spiro atoms. The summed E-state index contributed by atoms with van der Waals surface area (Å²) < 4.78 is 0. The average Bonchev–Trinajstić information content (AvgIpc) is 1.69. The van der Waals surface area contributed by atoms with Gasteiger partial charge in [-0.2, -0.15) is 25.3 Å². The SMILES string of the molecule is CC(C)C[C@@H](NC(=O)[C@@H](CC(C)C)NC(=O)[C@@H](CCC(=O)O)NC(=O)[C@H](CS)NC(=O)[C@@H](C)NC(=O)CNC(=O)[C@@H](CCCCN)NC(=O)[C@H](N)CCCCN)C(=O)NCC(=O)N[C@H](Cc1c[nH]c2ccccc12)C(=O)N[C@H](CCC(=O)O)C(=O)N[C@H](Cc1c[nH]c2ccccc12)C(=O)N[C@H](C)C(=O)N[C@H](Cc1c[nH]c2ccccc12)C(=O)N[C@H](CC(C)C)C(=O)N[C@@H](CS)C(=O)N[C@H](C)C(=O)N[C@H](C)C(=O)O. The molecule has 29 N–H and O–H groups in total. The molecule has 0 aliphatic carbocycles. The van der Waals surface area contributed by atoms with Gasteiger partial charge in [-0.05, 0) is 158 Å². The standard InChI is InChI=1S/C95H139N23O23S2/c1-48(2)35-68(113-89(134)69(36-49(3)4)114-86(131)67(30-32-79(123)124)111-94(139)75(47-143)117-81(126)51(7)104-76(119)44-102-84(129)65(28-18-20-34-97)109-83(128)61(98)24-17-19-33-96)85(130)103-45-77(120)108-71(38-55-41-99-62-25-14-11-21-58(55)62)91(136)110-66(29-31-78(121)122)87(132)116-72(39-56-42-100-63-26-15-12-22-59(56)63)88(133)105-53(9)82(127)112-73(40-57-43-101-64-27-16-13-23-60(57)64)92(137)115-70(37-50(5)6)90(135)118-74(46-142)93(138)106-52(8)80(125)107-54(10)95(140)141/h11-16,21-23,25-27,41-43,48-54,61,65-75,99-101,142-143H,17-20,24,28-40,44-47,96-98H2,1-10H3,(H,102,129)(H,103,130)(H,104,119)(H,105,133)(H,106,138)(H,107,125)(H,108,120)(H,109,128)(H,110,136)(H,111,139)(H,112,127)(H,113,134)(H,114,131)(H,115,137)(H,116,132)(H,117,126)(H,118,135)(H,121,122)(H,123,124)(H,140,141)/t51-,52-,53-,54-,61-,65-,66-,67-,68-,69-,70-,71-,72-,73-,74+,75+/m1/s1. The number of unbranched alkanes of at least 4 members (excludes halogenated alkanes) is 2. The van der Waals surface area contributed by atoms with Crippen LogP contribution in [0.1, 0.15) is 169 Å². The monoisotopic (exact) mass is 2030 g/mol. The van der Waals surface area contributed by atoms with Crippen molar-refractivity contribution in [3.63, 3.8) is 0 Å². The molecular formula is C95H139N23O23S2. The van der Waals surface area contributed by atoms with E-state index in [1.54, 1.807) is 133 Å². The predicted molar refractivity (Wildman–Crippen MR) is 535 cm³/mol. The number of carbonyl (C=O) groups is 20. The zero-order valence-corrected chi connectivity index (χ0v) is 83.6.